The van der Waals surface area contributed by atoms with E-state index in [1.165, 1.54) is 10.9 Å². The summed E-state index contributed by atoms with van der Waals surface area (Å²) in [4.78, 5) is 3.97. The molecule has 2 aromatic rings. The van der Waals surface area contributed by atoms with E-state index in [1.807, 2.05) is 13.8 Å². The van der Waals surface area contributed by atoms with Crippen molar-refractivity contribution in [1.82, 2.24) is 19.5 Å². The van der Waals surface area contributed by atoms with Gasteiger partial charge in [0.1, 0.15) is 10.7 Å². The van der Waals surface area contributed by atoms with Crippen molar-refractivity contribution < 1.29 is 12.8 Å². The first-order valence-electron chi connectivity index (χ1n) is 6.72. The number of nitrogens with two attached hydrogens (primary N) is 1. The number of aryl methyl sites for hydroxylation is 2. The molecule has 3 N–H and O–H groups in total. The second kappa shape index (κ2) is 6.27. The van der Waals surface area contributed by atoms with Crippen LogP contribution in [0.1, 0.15) is 31.9 Å². The number of nitrogens with zero attached hydrogens (tertiary/aromatic N) is 3. The average Bonchev–Trinajstić information content (AvgIpc) is 3.04. The summed E-state index contributed by atoms with van der Waals surface area (Å²) in [7, 11) is -3.74. The lowest BCUT2D eigenvalue weighted by molar-refractivity contribution is 0.452. The van der Waals surface area contributed by atoms with Crippen molar-refractivity contribution in [2.45, 2.75) is 44.7 Å². The molecule has 0 aromatic carbocycles. The van der Waals surface area contributed by atoms with Crippen LogP contribution in [-0.4, -0.2) is 23.2 Å². The fraction of sp³-hybridized carbons (Fsp3) is 0.500. The first kappa shape index (κ1) is 15.5. The first-order valence-corrected chi connectivity index (χ1v) is 8.20. The van der Waals surface area contributed by atoms with Crippen LogP contribution < -0.4 is 10.5 Å². The molecule has 2 aromatic heterocycles. The number of rotatable bonds is 7. The van der Waals surface area contributed by atoms with Crippen molar-refractivity contribution in [3.63, 3.8) is 0 Å². The van der Waals surface area contributed by atoms with Gasteiger partial charge in [-0.3, -0.25) is 4.68 Å². The molecule has 0 aliphatic carbocycles. The van der Waals surface area contributed by atoms with Gasteiger partial charge in [0, 0.05) is 19.2 Å². The van der Waals surface area contributed by atoms with E-state index in [-0.39, 0.29) is 17.3 Å². The van der Waals surface area contributed by atoms with Gasteiger partial charge < -0.3 is 10.2 Å². The highest BCUT2D eigenvalue weighted by Crippen LogP contribution is 2.16. The molecule has 0 bridgehead atoms. The monoisotopic (exact) mass is 313 g/mol. The van der Waals surface area contributed by atoms with Crippen LogP contribution in [0.2, 0.25) is 0 Å². The van der Waals surface area contributed by atoms with Gasteiger partial charge in [-0.05, 0) is 6.42 Å². The van der Waals surface area contributed by atoms with Crippen LogP contribution in [0.3, 0.4) is 0 Å². The van der Waals surface area contributed by atoms with Crippen molar-refractivity contribution in [3.8, 4) is 0 Å². The van der Waals surface area contributed by atoms with Crippen molar-refractivity contribution in [2.24, 2.45) is 0 Å². The molecule has 0 amide bonds. The maximum atomic E-state index is 12.2. The van der Waals surface area contributed by atoms with Crippen molar-refractivity contribution in [2.75, 3.05) is 5.73 Å². The predicted octanol–water partition coefficient (Wildman–Crippen LogP) is 0.904. The minimum absolute atomic E-state index is 0.0161. The lowest BCUT2D eigenvalue weighted by atomic mass is 10.4. The van der Waals surface area contributed by atoms with Crippen LogP contribution in [0.5, 0.6) is 0 Å². The van der Waals surface area contributed by atoms with Crippen LogP contribution in [0, 0.1) is 0 Å². The molecule has 0 spiro atoms. The van der Waals surface area contributed by atoms with E-state index in [9.17, 15) is 8.42 Å². The van der Waals surface area contributed by atoms with E-state index in [2.05, 4.69) is 14.8 Å². The van der Waals surface area contributed by atoms with Gasteiger partial charge in [0.15, 0.2) is 5.82 Å². The van der Waals surface area contributed by atoms with Crippen LogP contribution >= 0.6 is 0 Å². The third-order valence-electron chi connectivity index (χ3n) is 2.86. The quantitative estimate of drug-likeness (QED) is 0.784. The van der Waals surface area contributed by atoms with Crippen LogP contribution in [0.15, 0.2) is 21.7 Å². The highest BCUT2D eigenvalue weighted by molar-refractivity contribution is 7.89. The third-order valence-corrected chi connectivity index (χ3v) is 4.28. The SMILES string of the molecule is CCCn1cc(S(=O)(=O)NCc2ncc(CC)o2)c(N)n1. The van der Waals surface area contributed by atoms with E-state index in [4.69, 9.17) is 10.2 Å². The number of nitrogen functional groups attached to an aromatic ring is 1. The smallest absolute Gasteiger partial charge is 0.246 e. The zero-order chi connectivity index (χ0) is 15.5. The first-order chi connectivity index (χ1) is 9.96. The summed E-state index contributed by atoms with van der Waals surface area (Å²) in [5.74, 6) is 1.01. The molecule has 116 valence electrons. The van der Waals surface area contributed by atoms with Crippen LogP contribution in [-0.2, 0) is 29.5 Å². The van der Waals surface area contributed by atoms with Crippen molar-refractivity contribution >= 4 is 15.8 Å². The van der Waals surface area contributed by atoms with E-state index < -0.39 is 10.0 Å². The molecule has 2 heterocycles. The summed E-state index contributed by atoms with van der Waals surface area (Å²) in [6.45, 7) is 4.48. The Morgan fingerprint density at radius 1 is 1.43 bits per heavy atom. The van der Waals surface area contributed by atoms with Crippen molar-refractivity contribution in [1.29, 1.82) is 0 Å². The second-order valence-corrected chi connectivity index (χ2v) is 6.28. The summed E-state index contributed by atoms with van der Waals surface area (Å²) in [5.41, 5.74) is 5.66. The Balaban J connectivity index is 2.10. The van der Waals surface area contributed by atoms with Gasteiger partial charge in [-0.1, -0.05) is 13.8 Å². The molecule has 21 heavy (non-hydrogen) atoms. The molecule has 0 fully saturated rings. The summed E-state index contributed by atoms with van der Waals surface area (Å²) in [6, 6.07) is 0. The summed E-state index contributed by atoms with van der Waals surface area (Å²) in [5, 5.41) is 3.98. The van der Waals surface area contributed by atoms with E-state index in [0.29, 0.717) is 24.6 Å². The number of nitrogens with one attached hydrogen (secondary N) is 1. The maximum absolute atomic E-state index is 12.2. The zero-order valence-corrected chi connectivity index (χ0v) is 12.9. The number of hydrogen-bond acceptors (Lipinski definition) is 6. The van der Waals surface area contributed by atoms with Gasteiger partial charge >= 0.3 is 0 Å². The summed E-state index contributed by atoms with van der Waals surface area (Å²) >= 11 is 0. The molecule has 0 saturated heterocycles. The third kappa shape index (κ3) is 3.61. The van der Waals surface area contributed by atoms with E-state index >= 15 is 0 Å². The molecule has 8 nitrogen and oxygen atoms in total. The standard InChI is InChI=1S/C12H19N5O3S/c1-3-5-17-8-10(12(13)16-17)21(18,19)15-7-11-14-6-9(4-2)20-11/h6,8,15H,3-5,7H2,1-2H3,(H2,13,16). The van der Waals surface area contributed by atoms with Gasteiger partial charge in [0.2, 0.25) is 15.9 Å². The van der Waals surface area contributed by atoms with E-state index in [1.54, 1.807) is 6.20 Å². The number of oxazole rings is 1. The van der Waals surface area contributed by atoms with Crippen LogP contribution in [0.25, 0.3) is 0 Å². The normalized spacial score (nSPS) is 11.9. The molecule has 0 saturated carbocycles. The van der Waals surface area contributed by atoms with Gasteiger partial charge in [-0.2, -0.15) is 5.10 Å². The minimum atomic E-state index is -3.74. The highest BCUT2D eigenvalue weighted by Gasteiger charge is 2.21. The zero-order valence-electron chi connectivity index (χ0n) is 12.0. The lowest BCUT2D eigenvalue weighted by Crippen LogP contribution is -2.23. The van der Waals surface area contributed by atoms with Crippen LogP contribution in [0.4, 0.5) is 5.82 Å². The molecule has 0 aliphatic rings. The maximum Gasteiger partial charge on any atom is 0.246 e. The Morgan fingerprint density at radius 2 is 2.19 bits per heavy atom. The predicted molar refractivity (Wildman–Crippen MR) is 76.8 cm³/mol. The Kier molecular flexibility index (Phi) is 4.63. The molecule has 0 unspecified atom stereocenters. The summed E-state index contributed by atoms with van der Waals surface area (Å²) < 4.78 is 33.7. The summed E-state index contributed by atoms with van der Waals surface area (Å²) in [6.07, 6.45) is 4.55. The van der Waals surface area contributed by atoms with Crippen molar-refractivity contribution in [3.05, 3.63) is 24.0 Å². The second-order valence-electron chi connectivity index (χ2n) is 4.54. The largest absolute Gasteiger partial charge is 0.444 e. The number of anilines is 1. The fourth-order valence-electron chi connectivity index (χ4n) is 1.80. The lowest BCUT2D eigenvalue weighted by Gasteiger charge is -2.02. The molecular formula is C12H19N5O3S. The minimum Gasteiger partial charge on any atom is -0.444 e. The van der Waals surface area contributed by atoms with Gasteiger partial charge in [0.05, 0.1) is 12.7 Å². The number of aromatic nitrogens is 3. The fourth-order valence-corrected chi connectivity index (χ4v) is 2.84. The molecule has 0 aliphatic heterocycles. The topological polar surface area (TPSA) is 116 Å². The number of hydrogen-bond donors (Lipinski definition) is 2. The average molecular weight is 313 g/mol. The molecule has 9 heteroatoms. The molecule has 0 radical (unpaired) electrons. The molecule has 2 rings (SSSR count). The highest BCUT2D eigenvalue weighted by atomic mass is 32.2. The van der Waals surface area contributed by atoms with Gasteiger partial charge in [-0.15, -0.1) is 0 Å². The number of sulfonamides is 1. The Labute approximate surface area is 123 Å². The molecule has 0 atom stereocenters. The Morgan fingerprint density at radius 3 is 2.81 bits per heavy atom. The van der Waals surface area contributed by atoms with Gasteiger partial charge in [-0.25, -0.2) is 18.1 Å². The Bertz CT molecular complexity index is 704. The van der Waals surface area contributed by atoms with E-state index in [0.717, 1.165) is 6.42 Å². The molecular weight excluding hydrogens is 294 g/mol. The Hall–Kier alpha value is -1.87. The van der Waals surface area contributed by atoms with Gasteiger partial charge in [0.25, 0.3) is 0 Å².